The molecule has 7 nitrogen and oxygen atoms in total. The van der Waals surface area contributed by atoms with E-state index in [2.05, 4.69) is 25.6 Å². The highest BCUT2D eigenvalue weighted by molar-refractivity contribution is 5.69. The maximum absolute atomic E-state index is 13.8. The van der Waals surface area contributed by atoms with E-state index in [4.69, 9.17) is 0 Å². The summed E-state index contributed by atoms with van der Waals surface area (Å²) in [6.07, 6.45) is 1.65. The lowest BCUT2D eigenvalue weighted by molar-refractivity contribution is 0.281. The van der Waals surface area contributed by atoms with Crippen molar-refractivity contribution < 1.29 is 9.50 Å². The fraction of sp³-hybridized carbons (Fsp3) is 0.158. The van der Waals surface area contributed by atoms with Gasteiger partial charge in [0.05, 0.1) is 23.7 Å². The van der Waals surface area contributed by atoms with Crippen LogP contribution in [-0.4, -0.2) is 32.7 Å². The summed E-state index contributed by atoms with van der Waals surface area (Å²) in [4.78, 5) is 13.0. The molecule has 136 valence electrons. The second kappa shape index (κ2) is 8.21. The topological polar surface area (TPSA) is 107 Å². The van der Waals surface area contributed by atoms with E-state index in [1.807, 2.05) is 12.1 Å². The van der Waals surface area contributed by atoms with E-state index in [-0.39, 0.29) is 24.2 Å². The van der Waals surface area contributed by atoms with Gasteiger partial charge in [0.15, 0.2) is 0 Å². The molecule has 0 aliphatic rings. The molecule has 2 heterocycles. The molecular formula is C19H17FN6O. The normalized spacial score (nSPS) is 11.5. The molecule has 0 saturated heterocycles. The van der Waals surface area contributed by atoms with E-state index in [9.17, 15) is 14.8 Å². The third kappa shape index (κ3) is 4.34. The number of hydrogen-bond acceptors (Lipinski definition) is 7. The van der Waals surface area contributed by atoms with Gasteiger partial charge in [-0.25, -0.2) is 9.37 Å². The minimum Gasteiger partial charge on any atom is -0.394 e. The van der Waals surface area contributed by atoms with Crippen LogP contribution in [0, 0.1) is 17.1 Å². The first-order chi connectivity index (χ1) is 13.1. The van der Waals surface area contributed by atoms with Crippen LogP contribution in [0.3, 0.4) is 0 Å². The Hall–Kier alpha value is -3.57. The lowest BCUT2D eigenvalue weighted by Gasteiger charge is -2.14. The smallest absolute Gasteiger partial charge is 0.225 e. The van der Waals surface area contributed by atoms with Crippen LogP contribution >= 0.6 is 0 Å². The molecule has 0 unspecified atom stereocenters. The van der Waals surface area contributed by atoms with Gasteiger partial charge in [0.25, 0.3) is 0 Å². The molecule has 3 rings (SSSR count). The molecule has 3 aromatic rings. The van der Waals surface area contributed by atoms with Gasteiger partial charge in [-0.1, -0.05) is 12.1 Å². The summed E-state index contributed by atoms with van der Waals surface area (Å²) >= 11 is 0. The van der Waals surface area contributed by atoms with Crippen molar-refractivity contribution in [2.75, 3.05) is 17.2 Å². The number of nitriles is 1. The van der Waals surface area contributed by atoms with Gasteiger partial charge in [-0.3, -0.25) is 4.98 Å². The zero-order valence-corrected chi connectivity index (χ0v) is 14.5. The summed E-state index contributed by atoms with van der Waals surface area (Å²) in [5, 5.41) is 24.4. The Morgan fingerprint density at radius 2 is 2.04 bits per heavy atom. The fourth-order valence-electron chi connectivity index (χ4n) is 2.37. The molecule has 1 atom stereocenters. The third-order valence-corrected chi connectivity index (χ3v) is 3.69. The quantitative estimate of drug-likeness (QED) is 0.617. The monoisotopic (exact) mass is 364 g/mol. The molecule has 0 amide bonds. The highest BCUT2D eigenvalue weighted by atomic mass is 19.1. The summed E-state index contributed by atoms with van der Waals surface area (Å²) in [7, 11) is 0. The number of aliphatic hydroxyl groups is 1. The minimum atomic E-state index is -0.617. The van der Waals surface area contributed by atoms with Crippen LogP contribution in [0.4, 0.5) is 21.8 Å². The highest BCUT2D eigenvalue weighted by Crippen LogP contribution is 2.25. The number of benzene rings is 1. The summed E-state index contributed by atoms with van der Waals surface area (Å²) in [6.45, 7) is 1.69. The maximum atomic E-state index is 13.8. The van der Waals surface area contributed by atoms with Gasteiger partial charge in [-0.15, -0.1) is 0 Å². The van der Waals surface area contributed by atoms with Crippen LogP contribution in [0.2, 0.25) is 0 Å². The SMILES string of the molecule is C[C@@H](CO)Nc1nc(Nc2cccc(F)c2C#N)cc(-c2ccccn2)n1. The first-order valence-electron chi connectivity index (χ1n) is 8.24. The van der Waals surface area contributed by atoms with Crippen molar-refractivity contribution in [2.24, 2.45) is 0 Å². The van der Waals surface area contributed by atoms with E-state index in [1.54, 1.807) is 37.4 Å². The van der Waals surface area contributed by atoms with Gasteiger partial charge in [-0.2, -0.15) is 10.2 Å². The highest BCUT2D eigenvalue weighted by Gasteiger charge is 2.13. The van der Waals surface area contributed by atoms with Crippen LogP contribution in [-0.2, 0) is 0 Å². The lowest BCUT2D eigenvalue weighted by atomic mass is 10.2. The number of nitrogens with one attached hydrogen (secondary N) is 2. The Morgan fingerprint density at radius 3 is 2.74 bits per heavy atom. The maximum Gasteiger partial charge on any atom is 0.225 e. The predicted molar refractivity (Wildman–Crippen MR) is 99.8 cm³/mol. The number of halogens is 1. The van der Waals surface area contributed by atoms with Crippen LogP contribution in [0.15, 0.2) is 48.7 Å². The Morgan fingerprint density at radius 1 is 1.19 bits per heavy atom. The van der Waals surface area contributed by atoms with Gasteiger partial charge in [0.1, 0.15) is 23.3 Å². The number of hydrogen-bond donors (Lipinski definition) is 3. The Bertz CT molecular complexity index is 974. The van der Waals surface area contributed by atoms with Crippen LogP contribution in [0.5, 0.6) is 0 Å². The van der Waals surface area contributed by atoms with Gasteiger partial charge in [0.2, 0.25) is 5.95 Å². The van der Waals surface area contributed by atoms with Gasteiger partial charge >= 0.3 is 0 Å². The minimum absolute atomic E-state index is 0.0948. The van der Waals surface area contributed by atoms with Gasteiger partial charge in [0, 0.05) is 18.3 Å². The molecule has 0 radical (unpaired) electrons. The average Bonchev–Trinajstić information content (AvgIpc) is 2.68. The Balaban J connectivity index is 2.03. The van der Waals surface area contributed by atoms with E-state index in [0.29, 0.717) is 22.9 Å². The van der Waals surface area contributed by atoms with E-state index >= 15 is 0 Å². The second-order valence-corrected chi connectivity index (χ2v) is 5.80. The third-order valence-electron chi connectivity index (χ3n) is 3.69. The molecule has 2 aromatic heterocycles. The van der Waals surface area contributed by atoms with Gasteiger partial charge in [-0.05, 0) is 31.2 Å². The number of anilines is 3. The summed E-state index contributed by atoms with van der Waals surface area (Å²) < 4.78 is 13.8. The van der Waals surface area contributed by atoms with Crippen molar-refractivity contribution in [3.63, 3.8) is 0 Å². The molecule has 0 fully saturated rings. The van der Waals surface area contributed by atoms with Crippen LogP contribution in [0.25, 0.3) is 11.4 Å². The molecule has 1 aromatic carbocycles. The average molecular weight is 364 g/mol. The van der Waals surface area contributed by atoms with Crippen molar-refractivity contribution in [1.82, 2.24) is 15.0 Å². The largest absolute Gasteiger partial charge is 0.394 e. The number of aliphatic hydroxyl groups excluding tert-OH is 1. The number of rotatable bonds is 6. The van der Waals surface area contributed by atoms with E-state index in [0.717, 1.165) is 0 Å². The number of aromatic nitrogens is 3. The molecule has 3 N–H and O–H groups in total. The summed E-state index contributed by atoms with van der Waals surface area (Å²) in [6, 6.07) is 13.0. The molecule has 0 saturated carbocycles. The van der Waals surface area contributed by atoms with Crippen molar-refractivity contribution in [3.05, 3.63) is 60.0 Å². The van der Waals surface area contributed by atoms with Crippen molar-refractivity contribution in [2.45, 2.75) is 13.0 Å². The van der Waals surface area contributed by atoms with E-state index < -0.39 is 5.82 Å². The second-order valence-electron chi connectivity index (χ2n) is 5.80. The van der Waals surface area contributed by atoms with Crippen molar-refractivity contribution in [3.8, 4) is 17.5 Å². The molecule has 0 bridgehead atoms. The summed E-state index contributed by atoms with van der Waals surface area (Å²) in [5.74, 6) is 0.0197. The van der Waals surface area contributed by atoms with E-state index in [1.165, 1.54) is 12.1 Å². The predicted octanol–water partition coefficient (Wildman–Crippen LogP) is 3.09. The fourth-order valence-corrected chi connectivity index (χ4v) is 2.37. The molecule has 0 spiro atoms. The molecule has 0 aliphatic carbocycles. The standard InChI is InChI=1S/C19H17FN6O/c1-12(11-27)23-19-25-17(16-6-2-3-8-22-16)9-18(26-19)24-15-7-4-5-14(20)13(15)10-21/h2-9,12,27H,11H2,1H3,(H2,23,24,25,26)/t12-/m0/s1. The lowest BCUT2D eigenvalue weighted by Crippen LogP contribution is -2.21. The van der Waals surface area contributed by atoms with Crippen LogP contribution in [0.1, 0.15) is 12.5 Å². The van der Waals surface area contributed by atoms with Crippen LogP contribution < -0.4 is 10.6 Å². The Kier molecular flexibility index (Phi) is 5.54. The zero-order chi connectivity index (χ0) is 19.2. The molecule has 8 heteroatoms. The van der Waals surface area contributed by atoms with Crippen molar-refractivity contribution in [1.29, 1.82) is 5.26 Å². The van der Waals surface area contributed by atoms with Crippen molar-refractivity contribution >= 4 is 17.5 Å². The first kappa shape index (κ1) is 18.2. The number of pyridine rings is 1. The summed E-state index contributed by atoms with van der Waals surface area (Å²) in [5.41, 5.74) is 1.36. The zero-order valence-electron chi connectivity index (χ0n) is 14.5. The Labute approximate surface area is 155 Å². The van der Waals surface area contributed by atoms with Gasteiger partial charge < -0.3 is 15.7 Å². The first-order valence-corrected chi connectivity index (χ1v) is 8.24. The number of nitrogens with zero attached hydrogens (tertiary/aromatic N) is 4. The molecule has 0 aliphatic heterocycles. The molecular weight excluding hydrogens is 347 g/mol. The molecule has 27 heavy (non-hydrogen) atoms.